The number of nitrogens with zero attached hydrogens (tertiary/aromatic N) is 2. The van der Waals surface area contributed by atoms with Gasteiger partial charge in [-0.25, -0.2) is 0 Å². The van der Waals surface area contributed by atoms with E-state index in [4.69, 9.17) is 5.73 Å². The molecule has 3 aliphatic rings. The van der Waals surface area contributed by atoms with Gasteiger partial charge in [-0.05, 0) is 49.8 Å². The molecule has 5 nitrogen and oxygen atoms in total. The largest absolute Gasteiger partial charge is 0.366 e. The van der Waals surface area contributed by atoms with Crippen molar-refractivity contribution in [2.75, 3.05) is 19.6 Å². The molecule has 0 bridgehead atoms. The molecule has 2 aliphatic carbocycles. The minimum Gasteiger partial charge on any atom is -0.366 e. The van der Waals surface area contributed by atoms with E-state index in [0.717, 1.165) is 37.7 Å². The molecule has 2 saturated carbocycles. The van der Waals surface area contributed by atoms with Crippen LogP contribution < -0.4 is 5.73 Å². The fourth-order valence-corrected chi connectivity index (χ4v) is 4.37. The van der Waals surface area contributed by atoms with E-state index in [9.17, 15) is 9.59 Å². The van der Waals surface area contributed by atoms with E-state index in [1.54, 1.807) is 6.07 Å². The van der Waals surface area contributed by atoms with Gasteiger partial charge < -0.3 is 10.6 Å². The lowest BCUT2D eigenvalue weighted by Crippen LogP contribution is -2.58. The van der Waals surface area contributed by atoms with E-state index in [2.05, 4.69) is 16.7 Å². The molecule has 5 heteroatoms. The first-order chi connectivity index (χ1) is 12.0. The molecule has 0 radical (unpaired) electrons. The summed E-state index contributed by atoms with van der Waals surface area (Å²) in [7, 11) is 0. The summed E-state index contributed by atoms with van der Waals surface area (Å²) in [5.74, 6) is 0.186. The molecule has 3 atom stereocenters. The van der Waals surface area contributed by atoms with Crippen molar-refractivity contribution in [1.29, 1.82) is 0 Å². The van der Waals surface area contributed by atoms with Crippen LogP contribution in [0.2, 0.25) is 0 Å². The molecule has 1 heterocycles. The number of hydrogen-bond acceptors (Lipinski definition) is 3. The van der Waals surface area contributed by atoms with Gasteiger partial charge in [-0.1, -0.05) is 18.6 Å². The fourth-order valence-electron chi connectivity index (χ4n) is 4.37. The highest BCUT2D eigenvalue weighted by Crippen LogP contribution is 2.49. The molecule has 134 valence electrons. The number of hydrogen-bond donors (Lipinski definition) is 1. The number of amides is 2. The van der Waals surface area contributed by atoms with Crippen molar-refractivity contribution < 1.29 is 9.59 Å². The Labute approximate surface area is 149 Å². The van der Waals surface area contributed by atoms with Crippen molar-refractivity contribution in [3.05, 3.63) is 35.4 Å². The third-order valence-electron chi connectivity index (χ3n) is 6.24. The maximum Gasteiger partial charge on any atom is 0.248 e. The van der Waals surface area contributed by atoms with E-state index in [1.807, 2.05) is 18.2 Å². The summed E-state index contributed by atoms with van der Waals surface area (Å²) < 4.78 is 0. The van der Waals surface area contributed by atoms with Crippen LogP contribution in [0, 0.1) is 5.92 Å². The predicted octanol–water partition coefficient (Wildman–Crippen LogP) is 1.97. The van der Waals surface area contributed by atoms with Gasteiger partial charge in [0.1, 0.15) is 0 Å². The number of benzene rings is 1. The average molecular weight is 341 g/mol. The van der Waals surface area contributed by atoms with Crippen molar-refractivity contribution in [3.63, 3.8) is 0 Å². The van der Waals surface area contributed by atoms with E-state index < -0.39 is 5.91 Å². The first-order valence-corrected chi connectivity index (χ1v) is 9.49. The van der Waals surface area contributed by atoms with E-state index >= 15 is 0 Å². The monoisotopic (exact) mass is 341 g/mol. The van der Waals surface area contributed by atoms with Crippen LogP contribution in [-0.2, 0) is 4.79 Å². The summed E-state index contributed by atoms with van der Waals surface area (Å²) in [6, 6.07) is 8.48. The van der Waals surface area contributed by atoms with Gasteiger partial charge in [0, 0.05) is 43.2 Å². The standard InChI is InChI=1S/C20H27N3O2/c1-13-12-22(16-6-3-7-16)8-9-23(13)20(25)18-11-17(18)14-4-2-5-15(10-14)19(21)24/h2,4-5,10,13,16-18H,3,6-9,11-12H2,1H3,(H2,21,24)/t13-,17?,18?/m1/s1. The molecule has 25 heavy (non-hydrogen) atoms. The molecule has 2 N–H and O–H groups in total. The third-order valence-corrected chi connectivity index (χ3v) is 6.24. The number of rotatable bonds is 4. The molecule has 4 rings (SSSR count). The Morgan fingerprint density at radius 3 is 2.64 bits per heavy atom. The quantitative estimate of drug-likeness (QED) is 0.910. The lowest BCUT2D eigenvalue weighted by Gasteiger charge is -2.46. The lowest BCUT2D eigenvalue weighted by atomic mass is 9.90. The van der Waals surface area contributed by atoms with Gasteiger partial charge in [0.15, 0.2) is 0 Å². The molecule has 3 fully saturated rings. The molecular weight excluding hydrogens is 314 g/mol. The van der Waals surface area contributed by atoms with Gasteiger partial charge in [0.05, 0.1) is 0 Å². The van der Waals surface area contributed by atoms with Crippen molar-refractivity contribution in [2.45, 2.75) is 50.6 Å². The molecule has 2 unspecified atom stereocenters. The normalized spacial score (nSPS) is 30.0. The molecule has 1 aromatic rings. The highest BCUT2D eigenvalue weighted by Gasteiger charge is 2.47. The van der Waals surface area contributed by atoms with Gasteiger partial charge in [0.25, 0.3) is 0 Å². The molecule has 1 saturated heterocycles. The fraction of sp³-hybridized carbons (Fsp3) is 0.600. The first kappa shape index (κ1) is 16.6. The topological polar surface area (TPSA) is 66.6 Å². The SMILES string of the molecule is C[C@@H]1CN(C2CCC2)CCN1C(=O)C1CC1c1cccc(C(N)=O)c1. The Hall–Kier alpha value is -1.88. The number of carbonyl (C=O) groups excluding carboxylic acids is 2. The smallest absolute Gasteiger partial charge is 0.248 e. The number of piperazine rings is 1. The maximum absolute atomic E-state index is 12.9. The minimum absolute atomic E-state index is 0.0702. The molecule has 0 spiro atoms. The molecule has 1 aliphatic heterocycles. The van der Waals surface area contributed by atoms with Crippen LogP contribution in [0.25, 0.3) is 0 Å². The highest BCUT2D eigenvalue weighted by atomic mass is 16.2. The van der Waals surface area contributed by atoms with Crippen LogP contribution in [0.4, 0.5) is 0 Å². The molecular formula is C20H27N3O2. The zero-order valence-corrected chi connectivity index (χ0v) is 14.9. The first-order valence-electron chi connectivity index (χ1n) is 9.49. The van der Waals surface area contributed by atoms with Crippen LogP contribution in [0.1, 0.15) is 54.4 Å². The number of primary amides is 1. The van der Waals surface area contributed by atoms with E-state index in [-0.39, 0.29) is 17.7 Å². The molecule has 0 aromatic heterocycles. The Bertz CT molecular complexity index is 685. The third kappa shape index (κ3) is 3.17. The summed E-state index contributed by atoms with van der Waals surface area (Å²) in [6.07, 6.45) is 4.88. The summed E-state index contributed by atoms with van der Waals surface area (Å²) >= 11 is 0. The van der Waals surface area contributed by atoms with Gasteiger partial charge >= 0.3 is 0 Å². The summed E-state index contributed by atoms with van der Waals surface area (Å²) in [5.41, 5.74) is 6.96. The highest BCUT2D eigenvalue weighted by molar-refractivity contribution is 5.93. The number of nitrogens with two attached hydrogens (primary N) is 1. The zero-order valence-electron chi connectivity index (χ0n) is 14.9. The van der Waals surface area contributed by atoms with Gasteiger partial charge in [-0.3, -0.25) is 14.5 Å². The van der Waals surface area contributed by atoms with E-state index in [1.165, 1.54) is 19.3 Å². The Morgan fingerprint density at radius 2 is 2.00 bits per heavy atom. The van der Waals surface area contributed by atoms with Crippen LogP contribution in [-0.4, -0.2) is 53.3 Å². The lowest BCUT2D eigenvalue weighted by molar-refractivity contribution is -0.138. The second-order valence-corrected chi connectivity index (χ2v) is 7.90. The second kappa shape index (κ2) is 6.45. The Morgan fingerprint density at radius 1 is 1.20 bits per heavy atom. The minimum atomic E-state index is -0.411. The molecule has 1 aromatic carbocycles. The second-order valence-electron chi connectivity index (χ2n) is 7.90. The average Bonchev–Trinajstić information content (AvgIpc) is 3.33. The predicted molar refractivity (Wildman–Crippen MR) is 96.2 cm³/mol. The van der Waals surface area contributed by atoms with Crippen LogP contribution in [0.15, 0.2) is 24.3 Å². The Balaban J connectivity index is 1.38. The zero-order chi connectivity index (χ0) is 17.6. The molecule has 2 amide bonds. The van der Waals surface area contributed by atoms with Crippen molar-refractivity contribution in [1.82, 2.24) is 9.80 Å². The number of carbonyl (C=O) groups is 2. The van der Waals surface area contributed by atoms with Crippen LogP contribution in [0.3, 0.4) is 0 Å². The van der Waals surface area contributed by atoms with Gasteiger partial charge in [-0.15, -0.1) is 0 Å². The van der Waals surface area contributed by atoms with Crippen molar-refractivity contribution in [2.24, 2.45) is 11.7 Å². The van der Waals surface area contributed by atoms with Crippen molar-refractivity contribution in [3.8, 4) is 0 Å². The maximum atomic E-state index is 12.9. The Kier molecular flexibility index (Phi) is 4.28. The van der Waals surface area contributed by atoms with Crippen LogP contribution in [0.5, 0.6) is 0 Å². The van der Waals surface area contributed by atoms with Crippen LogP contribution >= 0.6 is 0 Å². The van der Waals surface area contributed by atoms with Crippen molar-refractivity contribution >= 4 is 11.8 Å². The van der Waals surface area contributed by atoms with E-state index in [0.29, 0.717) is 11.6 Å². The summed E-state index contributed by atoms with van der Waals surface area (Å²) in [4.78, 5) is 29.0. The summed E-state index contributed by atoms with van der Waals surface area (Å²) in [5, 5.41) is 0. The summed E-state index contributed by atoms with van der Waals surface area (Å²) in [6.45, 7) is 5.04. The van der Waals surface area contributed by atoms with Gasteiger partial charge in [0.2, 0.25) is 11.8 Å². The van der Waals surface area contributed by atoms with Gasteiger partial charge in [-0.2, -0.15) is 0 Å².